The fourth-order valence-corrected chi connectivity index (χ4v) is 2.56. The summed E-state index contributed by atoms with van der Waals surface area (Å²) in [5.74, 6) is 1.47. The maximum Gasteiger partial charge on any atom is 0.175 e. The third kappa shape index (κ3) is 5.56. The van der Waals surface area contributed by atoms with E-state index in [4.69, 9.17) is 14.7 Å². The second-order valence-corrected chi connectivity index (χ2v) is 5.66. The first-order chi connectivity index (χ1) is 10.2. The van der Waals surface area contributed by atoms with E-state index in [-0.39, 0.29) is 6.04 Å². The van der Waals surface area contributed by atoms with Crippen molar-refractivity contribution in [2.75, 3.05) is 13.7 Å². The Balaban J connectivity index is 2.80. The van der Waals surface area contributed by atoms with Crippen LogP contribution in [0, 0.1) is 11.3 Å². The second kappa shape index (κ2) is 9.64. The lowest BCUT2D eigenvalue weighted by atomic mass is 10.1. The first-order valence-electron chi connectivity index (χ1n) is 7.25. The number of nitrogens with zero attached hydrogens (tertiary/aromatic N) is 1. The fourth-order valence-electron chi connectivity index (χ4n) is 1.95. The molecule has 116 valence electrons. The molecule has 0 spiro atoms. The standard InChI is InChI=1S/C16H23BrN2O2/c1-4-8-21-16-14(17)9-12(10-15(16)20-3)11-19-13(5-2)6-7-18/h9-10,13,19H,4-6,8,11H2,1-3H3. The van der Waals surface area contributed by atoms with Crippen LogP contribution in [-0.2, 0) is 6.54 Å². The van der Waals surface area contributed by atoms with E-state index in [1.54, 1.807) is 7.11 Å². The zero-order valence-electron chi connectivity index (χ0n) is 12.9. The molecule has 1 aromatic rings. The summed E-state index contributed by atoms with van der Waals surface area (Å²) in [6, 6.07) is 6.42. The molecule has 0 aliphatic carbocycles. The number of hydrogen-bond acceptors (Lipinski definition) is 4. The van der Waals surface area contributed by atoms with Gasteiger partial charge >= 0.3 is 0 Å². The predicted molar refractivity (Wildman–Crippen MR) is 87.6 cm³/mol. The Hall–Kier alpha value is -1.25. The van der Waals surface area contributed by atoms with Crippen LogP contribution in [0.15, 0.2) is 16.6 Å². The van der Waals surface area contributed by atoms with Gasteiger partial charge in [-0.2, -0.15) is 5.26 Å². The maximum absolute atomic E-state index is 8.78. The molecule has 1 atom stereocenters. The number of nitriles is 1. The van der Waals surface area contributed by atoms with E-state index in [0.717, 1.165) is 34.4 Å². The SMILES string of the molecule is CCCOc1c(Br)cc(CNC(CC)CC#N)cc1OC. The normalized spacial score (nSPS) is 11.8. The first kappa shape index (κ1) is 17.8. The predicted octanol–water partition coefficient (Wildman–Crippen LogP) is 4.03. The minimum atomic E-state index is 0.218. The van der Waals surface area contributed by atoms with Crippen LogP contribution in [0.4, 0.5) is 0 Å². The van der Waals surface area contributed by atoms with Crippen LogP contribution in [0.2, 0.25) is 0 Å². The molecule has 0 aromatic heterocycles. The number of benzene rings is 1. The number of rotatable bonds is 9. The summed E-state index contributed by atoms with van der Waals surface area (Å²) in [5.41, 5.74) is 1.10. The number of halogens is 1. The van der Waals surface area contributed by atoms with Crippen molar-refractivity contribution >= 4 is 15.9 Å². The monoisotopic (exact) mass is 354 g/mol. The fraction of sp³-hybridized carbons (Fsp3) is 0.562. The van der Waals surface area contributed by atoms with Gasteiger partial charge in [0.25, 0.3) is 0 Å². The maximum atomic E-state index is 8.78. The lowest BCUT2D eigenvalue weighted by Crippen LogP contribution is -2.27. The molecule has 0 saturated carbocycles. The summed E-state index contributed by atoms with van der Waals surface area (Å²) >= 11 is 3.54. The third-order valence-corrected chi connectivity index (χ3v) is 3.75. The third-order valence-electron chi connectivity index (χ3n) is 3.17. The van der Waals surface area contributed by atoms with Gasteiger partial charge < -0.3 is 14.8 Å². The van der Waals surface area contributed by atoms with Crippen molar-refractivity contribution < 1.29 is 9.47 Å². The Kier molecular flexibility index (Phi) is 8.17. The highest BCUT2D eigenvalue weighted by Gasteiger charge is 2.12. The summed E-state index contributed by atoms with van der Waals surface area (Å²) in [6.45, 7) is 5.50. The van der Waals surface area contributed by atoms with Crippen molar-refractivity contribution in [2.45, 2.75) is 45.7 Å². The van der Waals surface area contributed by atoms with Gasteiger partial charge in [-0.15, -0.1) is 0 Å². The highest BCUT2D eigenvalue weighted by atomic mass is 79.9. The topological polar surface area (TPSA) is 54.3 Å². The van der Waals surface area contributed by atoms with E-state index in [1.807, 2.05) is 12.1 Å². The molecular formula is C16H23BrN2O2. The van der Waals surface area contributed by atoms with Crippen LogP contribution in [0.25, 0.3) is 0 Å². The van der Waals surface area contributed by atoms with Crippen molar-refractivity contribution in [1.82, 2.24) is 5.32 Å². The van der Waals surface area contributed by atoms with E-state index in [0.29, 0.717) is 19.6 Å². The minimum Gasteiger partial charge on any atom is -0.493 e. The van der Waals surface area contributed by atoms with Gasteiger partial charge in [0.05, 0.1) is 30.7 Å². The molecule has 0 amide bonds. The first-order valence-corrected chi connectivity index (χ1v) is 8.05. The van der Waals surface area contributed by atoms with Crippen LogP contribution in [0.5, 0.6) is 11.5 Å². The summed E-state index contributed by atoms with van der Waals surface area (Å²) in [4.78, 5) is 0. The molecule has 1 unspecified atom stereocenters. The van der Waals surface area contributed by atoms with Gasteiger partial charge in [0.15, 0.2) is 11.5 Å². The van der Waals surface area contributed by atoms with Gasteiger partial charge in [0, 0.05) is 12.6 Å². The van der Waals surface area contributed by atoms with Crippen LogP contribution in [0.3, 0.4) is 0 Å². The lowest BCUT2D eigenvalue weighted by Gasteiger charge is -2.16. The highest BCUT2D eigenvalue weighted by Crippen LogP contribution is 2.36. The molecule has 1 rings (SSSR count). The van der Waals surface area contributed by atoms with Gasteiger partial charge in [0.1, 0.15) is 0 Å². The van der Waals surface area contributed by atoms with Gasteiger partial charge in [-0.1, -0.05) is 13.8 Å². The molecule has 4 nitrogen and oxygen atoms in total. The van der Waals surface area contributed by atoms with Crippen molar-refractivity contribution in [3.63, 3.8) is 0 Å². The molecule has 0 radical (unpaired) electrons. The van der Waals surface area contributed by atoms with E-state index in [9.17, 15) is 0 Å². The molecule has 21 heavy (non-hydrogen) atoms. The molecule has 1 aromatic carbocycles. The number of nitrogens with one attached hydrogen (secondary N) is 1. The van der Waals surface area contributed by atoms with E-state index >= 15 is 0 Å². The van der Waals surface area contributed by atoms with E-state index < -0.39 is 0 Å². The average Bonchev–Trinajstić information content (AvgIpc) is 2.49. The molecule has 0 aliphatic heterocycles. The molecule has 5 heteroatoms. The summed E-state index contributed by atoms with van der Waals surface area (Å²) < 4.78 is 12.0. The van der Waals surface area contributed by atoms with Crippen molar-refractivity contribution in [1.29, 1.82) is 5.26 Å². The lowest BCUT2D eigenvalue weighted by molar-refractivity contribution is 0.292. The van der Waals surface area contributed by atoms with Crippen LogP contribution in [0.1, 0.15) is 38.7 Å². The molecule has 0 heterocycles. The Morgan fingerprint density at radius 1 is 1.38 bits per heavy atom. The molecule has 1 N–H and O–H groups in total. The van der Waals surface area contributed by atoms with Crippen molar-refractivity contribution in [3.05, 3.63) is 22.2 Å². The Labute approximate surface area is 135 Å². The van der Waals surface area contributed by atoms with Gasteiger partial charge in [-0.3, -0.25) is 0 Å². The largest absolute Gasteiger partial charge is 0.493 e. The molecule has 0 aliphatic rings. The van der Waals surface area contributed by atoms with E-state index in [2.05, 4.69) is 41.2 Å². The number of ether oxygens (including phenoxy) is 2. The Morgan fingerprint density at radius 2 is 2.14 bits per heavy atom. The van der Waals surface area contributed by atoms with Crippen LogP contribution < -0.4 is 14.8 Å². The zero-order chi connectivity index (χ0) is 15.7. The molecule has 0 fully saturated rings. The van der Waals surface area contributed by atoms with Gasteiger partial charge in [-0.25, -0.2) is 0 Å². The quantitative estimate of drug-likeness (QED) is 0.727. The Bertz CT molecular complexity index is 486. The minimum absolute atomic E-state index is 0.218. The van der Waals surface area contributed by atoms with Crippen LogP contribution >= 0.6 is 15.9 Å². The van der Waals surface area contributed by atoms with Crippen molar-refractivity contribution in [3.8, 4) is 17.6 Å². The zero-order valence-corrected chi connectivity index (χ0v) is 14.5. The van der Waals surface area contributed by atoms with E-state index in [1.165, 1.54) is 0 Å². The average molecular weight is 355 g/mol. The Morgan fingerprint density at radius 3 is 2.71 bits per heavy atom. The number of methoxy groups -OCH3 is 1. The summed E-state index contributed by atoms with van der Waals surface area (Å²) in [5, 5.41) is 12.2. The number of hydrogen-bond donors (Lipinski definition) is 1. The summed E-state index contributed by atoms with van der Waals surface area (Å²) in [6.07, 6.45) is 2.40. The van der Waals surface area contributed by atoms with Crippen LogP contribution in [-0.4, -0.2) is 19.8 Å². The van der Waals surface area contributed by atoms with Crippen molar-refractivity contribution in [2.24, 2.45) is 0 Å². The molecule has 0 saturated heterocycles. The molecule has 0 bridgehead atoms. The summed E-state index contributed by atoms with van der Waals surface area (Å²) in [7, 11) is 1.64. The molecular weight excluding hydrogens is 332 g/mol. The van der Waals surface area contributed by atoms with Gasteiger partial charge in [0.2, 0.25) is 0 Å². The highest BCUT2D eigenvalue weighted by molar-refractivity contribution is 9.10. The van der Waals surface area contributed by atoms with Gasteiger partial charge in [-0.05, 0) is 46.5 Å². The second-order valence-electron chi connectivity index (χ2n) is 4.81. The smallest absolute Gasteiger partial charge is 0.175 e.